The maximum atomic E-state index is 13.4. The van der Waals surface area contributed by atoms with Crippen LogP contribution in [0, 0.1) is 6.92 Å². The Hall–Kier alpha value is -4.19. The molecule has 184 valence electrons. The summed E-state index contributed by atoms with van der Waals surface area (Å²) in [5.74, 6) is -1.75. The molecule has 0 saturated heterocycles. The zero-order valence-corrected chi connectivity index (χ0v) is 20.4. The van der Waals surface area contributed by atoms with E-state index in [2.05, 4.69) is 0 Å². The number of aliphatic hydroxyl groups is 1. The van der Waals surface area contributed by atoms with Gasteiger partial charge in [-0.1, -0.05) is 72.3 Å². The van der Waals surface area contributed by atoms with Crippen molar-refractivity contribution in [1.82, 2.24) is 4.90 Å². The van der Waals surface area contributed by atoms with Gasteiger partial charge < -0.3 is 14.7 Å². The minimum Gasteiger partial charge on any atom is -0.503 e. The van der Waals surface area contributed by atoms with Gasteiger partial charge in [-0.2, -0.15) is 0 Å². The highest BCUT2D eigenvalue weighted by Crippen LogP contribution is 2.39. The Balaban J connectivity index is 1.62. The number of aliphatic hydroxyl groups excluding tert-OH is 1. The Morgan fingerprint density at radius 1 is 0.944 bits per heavy atom. The molecule has 1 aliphatic heterocycles. The summed E-state index contributed by atoms with van der Waals surface area (Å²) in [5, 5.41) is 10.9. The first kappa shape index (κ1) is 24.9. The normalized spacial score (nSPS) is 15.3. The summed E-state index contributed by atoms with van der Waals surface area (Å²) in [7, 11) is 0. The van der Waals surface area contributed by atoms with Crippen molar-refractivity contribution in [2.24, 2.45) is 0 Å². The number of ketones is 1. The Labute approximate surface area is 210 Å². The van der Waals surface area contributed by atoms with Gasteiger partial charge in [-0.15, -0.1) is 0 Å². The summed E-state index contributed by atoms with van der Waals surface area (Å²) in [4.78, 5) is 40.1. The van der Waals surface area contributed by atoms with E-state index in [0.717, 1.165) is 22.3 Å². The largest absolute Gasteiger partial charge is 0.503 e. The summed E-state index contributed by atoms with van der Waals surface area (Å²) < 4.78 is 5.03. The van der Waals surface area contributed by atoms with Gasteiger partial charge in [-0.3, -0.25) is 9.59 Å². The zero-order chi connectivity index (χ0) is 25.7. The van der Waals surface area contributed by atoms with Crippen LogP contribution in [0.2, 0.25) is 0 Å². The summed E-state index contributed by atoms with van der Waals surface area (Å²) in [6, 6.07) is 23.4. The molecule has 0 radical (unpaired) electrons. The predicted octanol–water partition coefficient (Wildman–Crippen LogP) is 5.27. The molecular weight excluding hydrogens is 454 g/mol. The number of hydrogen-bond donors (Lipinski definition) is 1. The molecule has 4 rings (SSSR count). The minimum absolute atomic E-state index is 0.129. The van der Waals surface area contributed by atoms with Gasteiger partial charge in [0.2, 0.25) is 0 Å². The van der Waals surface area contributed by atoms with Crippen LogP contribution in [0.1, 0.15) is 52.0 Å². The van der Waals surface area contributed by atoms with E-state index < -0.39 is 23.7 Å². The van der Waals surface area contributed by atoms with Gasteiger partial charge in [0.15, 0.2) is 11.5 Å². The topological polar surface area (TPSA) is 83.9 Å². The third-order valence-electron chi connectivity index (χ3n) is 6.26. The van der Waals surface area contributed by atoms with E-state index in [1.165, 1.54) is 4.90 Å². The number of nitrogens with zero attached hydrogens (tertiary/aromatic N) is 1. The van der Waals surface area contributed by atoms with Crippen LogP contribution in [0.25, 0.3) is 0 Å². The molecule has 1 N–H and O–H groups in total. The van der Waals surface area contributed by atoms with E-state index in [9.17, 15) is 19.5 Å². The predicted molar refractivity (Wildman–Crippen MR) is 136 cm³/mol. The minimum atomic E-state index is -0.703. The van der Waals surface area contributed by atoms with E-state index in [4.69, 9.17) is 4.74 Å². The second kappa shape index (κ2) is 11.0. The lowest BCUT2D eigenvalue weighted by atomic mass is 9.92. The number of amides is 1. The van der Waals surface area contributed by atoms with Crippen LogP contribution >= 0.6 is 0 Å². The van der Waals surface area contributed by atoms with E-state index in [1.54, 1.807) is 31.2 Å². The van der Waals surface area contributed by atoms with E-state index in [1.807, 2.05) is 61.5 Å². The standard InChI is InChI=1S/C30H29NO5/c1-3-36-30(35)23-15-12-22(13-16-23)19-31-27(24-11-7-8-20(2)18-24)26(28(33)29(31)34)25(32)17-14-21-9-5-4-6-10-21/h4-13,15-16,18,27,33H,3,14,17,19H2,1-2H3. The van der Waals surface area contributed by atoms with Crippen molar-refractivity contribution in [3.63, 3.8) is 0 Å². The number of aryl methyl sites for hydroxylation is 2. The zero-order valence-electron chi connectivity index (χ0n) is 20.4. The maximum Gasteiger partial charge on any atom is 0.338 e. The molecule has 6 heteroatoms. The van der Waals surface area contributed by atoms with Crippen LogP contribution in [0.4, 0.5) is 0 Å². The number of carbonyl (C=O) groups is 3. The van der Waals surface area contributed by atoms with E-state index in [0.29, 0.717) is 12.0 Å². The van der Waals surface area contributed by atoms with E-state index >= 15 is 0 Å². The van der Waals surface area contributed by atoms with Crippen LogP contribution in [0.5, 0.6) is 0 Å². The van der Waals surface area contributed by atoms with Crippen molar-refractivity contribution >= 4 is 17.7 Å². The average molecular weight is 484 g/mol. The molecular formula is C30H29NO5. The summed E-state index contributed by atoms with van der Waals surface area (Å²) >= 11 is 0. The number of esters is 1. The third-order valence-corrected chi connectivity index (χ3v) is 6.26. The summed E-state index contributed by atoms with van der Waals surface area (Å²) in [6.45, 7) is 4.14. The molecule has 1 aliphatic rings. The lowest BCUT2D eigenvalue weighted by Gasteiger charge is -2.27. The quantitative estimate of drug-likeness (QED) is 0.419. The molecule has 1 heterocycles. The Kier molecular flexibility index (Phi) is 7.64. The van der Waals surface area contributed by atoms with Gasteiger partial charge in [0.05, 0.1) is 23.8 Å². The van der Waals surface area contributed by atoms with Gasteiger partial charge in [-0.25, -0.2) is 4.79 Å². The average Bonchev–Trinajstić information content (AvgIpc) is 3.13. The first-order chi connectivity index (χ1) is 17.4. The maximum absolute atomic E-state index is 13.4. The molecule has 0 spiro atoms. The summed E-state index contributed by atoms with van der Waals surface area (Å²) in [6.07, 6.45) is 0.696. The Bertz CT molecular complexity index is 1290. The number of Topliss-reactive ketones (excluding diaryl/α,β-unsaturated/α-hetero) is 1. The first-order valence-electron chi connectivity index (χ1n) is 12.0. The van der Waals surface area contributed by atoms with Crippen molar-refractivity contribution < 1.29 is 24.2 Å². The van der Waals surface area contributed by atoms with Gasteiger partial charge in [0.25, 0.3) is 5.91 Å². The van der Waals surface area contributed by atoms with E-state index in [-0.39, 0.29) is 30.9 Å². The smallest absolute Gasteiger partial charge is 0.338 e. The van der Waals surface area contributed by atoms with Crippen LogP contribution in [0.15, 0.2) is 90.2 Å². The first-order valence-corrected chi connectivity index (χ1v) is 12.0. The summed E-state index contributed by atoms with van der Waals surface area (Å²) in [5.41, 5.74) is 4.08. The molecule has 6 nitrogen and oxygen atoms in total. The lowest BCUT2D eigenvalue weighted by Crippen LogP contribution is -2.30. The molecule has 36 heavy (non-hydrogen) atoms. The molecule has 1 atom stereocenters. The molecule has 0 bridgehead atoms. The van der Waals surface area contributed by atoms with Gasteiger partial charge in [0.1, 0.15) is 0 Å². The van der Waals surface area contributed by atoms with Crippen LogP contribution < -0.4 is 0 Å². The Morgan fingerprint density at radius 2 is 1.67 bits per heavy atom. The fraction of sp³-hybridized carbons (Fsp3) is 0.233. The molecule has 0 saturated carbocycles. The lowest BCUT2D eigenvalue weighted by molar-refractivity contribution is -0.130. The van der Waals surface area contributed by atoms with Crippen molar-refractivity contribution in [3.8, 4) is 0 Å². The molecule has 3 aromatic carbocycles. The highest BCUT2D eigenvalue weighted by atomic mass is 16.5. The van der Waals surface area contributed by atoms with Crippen molar-refractivity contribution in [3.05, 3.63) is 118 Å². The number of benzene rings is 3. The highest BCUT2D eigenvalue weighted by molar-refractivity contribution is 6.09. The second-order valence-corrected chi connectivity index (χ2v) is 8.84. The molecule has 3 aromatic rings. The number of ether oxygens (including phenoxy) is 1. The fourth-order valence-corrected chi connectivity index (χ4v) is 4.48. The third kappa shape index (κ3) is 5.38. The molecule has 1 amide bonds. The van der Waals surface area contributed by atoms with Gasteiger partial charge in [-0.05, 0) is 49.1 Å². The van der Waals surface area contributed by atoms with Gasteiger partial charge >= 0.3 is 5.97 Å². The number of hydrogen-bond acceptors (Lipinski definition) is 5. The Morgan fingerprint density at radius 3 is 2.33 bits per heavy atom. The van der Waals surface area contributed by atoms with Crippen molar-refractivity contribution in [1.29, 1.82) is 0 Å². The monoisotopic (exact) mass is 483 g/mol. The SMILES string of the molecule is CCOC(=O)c1ccc(CN2C(=O)C(O)=C(C(=O)CCc3ccccc3)C2c2cccc(C)c2)cc1. The van der Waals surface area contributed by atoms with Crippen LogP contribution in [-0.4, -0.2) is 34.3 Å². The molecule has 0 aliphatic carbocycles. The van der Waals surface area contributed by atoms with Crippen LogP contribution in [-0.2, 0) is 27.3 Å². The number of rotatable bonds is 9. The second-order valence-electron chi connectivity index (χ2n) is 8.84. The molecule has 0 fully saturated rings. The number of carbonyl (C=O) groups excluding carboxylic acids is 3. The fourth-order valence-electron chi connectivity index (χ4n) is 4.48. The van der Waals surface area contributed by atoms with Gasteiger partial charge in [0, 0.05) is 13.0 Å². The highest BCUT2D eigenvalue weighted by Gasteiger charge is 2.43. The molecule has 0 aromatic heterocycles. The van der Waals surface area contributed by atoms with Crippen molar-refractivity contribution in [2.45, 2.75) is 39.3 Å². The van der Waals surface area contributed by atoms with Crippen molar-refractivity contribution in [2.75, 3.05) is 6.61 Å². The molecule has 1 unspecified atom stereocenters. The van der Waals surface area contributed by atoms with Crippen LogP contribution in [0.3, 0.4) is 0 Å².